The van der Waals surface area contributed by atoms with Crippen molar-refractivity contribution in [3.63, 3.8) is 0 Å². The maximum absolute atomic E-state index is 13.1. The van der Waals surface area contributed by atoms with Crippen molar-refractivity contribution in [2.24, 2.45) is 0 Å². The van der Waals surface area contributed by atoms with E-state index < -0.39 is 0 Å². The topological polar surface area (TPSA) is 36.4 Å². The normalized spacial score (nSPS) is 15.4. The molecule has 1 aliphatic heterocycles. The van der Waals surface area contributed by atoms with Gasteiger partial charge in [-0.15, -0.1) is 0 Å². The molecule has 1 saturated heterocycles. The van der Waals surface area contributed by atoms with Crippen molar-refractivity contribution in [1.29, 1.82) is 0 Å². The lowest BCUT2D eigenvalue weighted by molar-refractivity contribution is 0.0652. The molecule has 3 aromatic rings. The highest BCUT2D eigenvalue weighted by Gasteiger charge is 2.23. The average molecular weight is 371 g/mol. The van der Waals surface area contributed by atoms with Crippen LogP contribution in [0.2, 0.25) is 0 Å². The smallest absolute Gasteiger partial charge is 0.254 e. The molecule has 0 spiro atoms. The number of carbonyl (C=O) groups excluding carboxylic acids is 1. The molecule has 4 nitrogen and oxygen atoms in total. The lowest BCUT2D eigenvalue weighted by Gasteiger charge is -2.34. The van der Waals surface area contributed by atoms with Crippen LogP contribution in [0.1, 0.15) is 21.6 Å². The van der Waals surface area contributed by atoms with Crippen LogP contribution in [0.5, 0.6) is 0 Å². The molecule has 0 aliphatic carbocycles. The van der Waals surface area contributed by atoms with Crippen LogP contribution in [0, 0.1) is 6.92 Å². The monoisotopic (exact) mass is 371 g/mol. The fourth-order valence-corrected chi connectivity index (χ4v) is 3.69. The van der Waals surface area contributed by atoms with Gasteiger partial charge in [-0.05, 0) is 24.6 Å². The first kappa shape index (κ1) is 18.4. The second kappa shape index (κ2) is 8.36. The number of fused-ring (bicyclic) bond motifs is 1. The number of benzene rings is 2. The van der Waals surface area contributed by atoms with E-state index in [1.807, 2.05) is 48.2 Å². The molecule has 0 unspecified atom stereocenters. The molecule has 2 aromatic carbocycles. The van der Waals surface area contributed by atoms with E-state index in [1.165, 1.54) is 5.56 Å². The van der Waals surface area contributed by atoms with Crippen molar-refractivity contribution in [1.82, 2.24) is 14.8 Å². The molecular weight excluding hydrogens is 346 g/mol. The lowest BCUT2D eigenvalue weighted by atomic mass is 10.1. The standard InChI is InChI=1S/C24H25N3O/c1-19-18-22(21-11-5-6-12-23(21)25-19)24(28)27-16-14-26(15-17-27)13-7-10-20-8-3-2-4-9-20/h2-12,18H,13-17H2,1H3/b10-7+. The molecule has 0 N–H and O–H groups in total. The van der Waals surface area contributed by atoms with Crippen LogP contribution in [-0.2, 0) is 0 Å². The van der Waals surface area contributed by atoms with Crippen molar-refractivity contribution in [3.05, 3.63) is 83.6 Å². The second-order valence-corrected chi connectivity index (χ2v) is 7.23. The van der Waals surface area contributed by atoms with Gasteiger partial charge in [-0.2, -0.15) is 0 Å². The number of amides is 1. The fourth-order valence-electron chi connectivity index (χ4n) is 3.69. The van der Waals surface area contributed by atoms with Gasteiger partial charge in [0.1, 0.15) is 0 Å². The van der Waals surface area contributed by atoms with E-state index in [0.717, 1.165) is 54.9 Å². The van der Waals surface area contributed by atoms with Crippen LogP contribution in [-0.4, -0.2) is 53.4 Å². The van der Waals surface area contributed by atoms with Crippen molar-refractivity contribution >= 4 is 22.9 Å². The van der Waals surface area contributed by atoms with Crippen molar-refractivity contribution in [3.8, 4) is 0 Å². The summed E-state index contributed by atoms with van der Waals surface area (Å²) in [5.74, 6) is 0.112. The molecule has 142 valence electrons. The highest BCUT2D eigenvalue weighted by atomic mass is 16.2. The molecule has 0 radical (unpaired) electrons. The molecule has 0 bridgehead atoms. The maximum atomic E-state index is 13.1. The quantitative estimate of drug-likeness (QED) is 0.695. The Morgan fingerprint density at radius 3 is 2.50 bits per heavy atom. The van der Waals surface area contributed by atoms with Gasteiger partial charge >= 0.3 is 0 Å². The predicted molar refractivity (Wildman–Crippen MR) is 114 cm³/mol. The number of hydrogen-bond acceptors (Lipinski definition) is 3. The first-order valence-corrected chi connectivity index (χ1v) is 9.80. The number of aryl methyl sites for hydroxylation is 1. The molecule has 1 aliphatic rings. The summed E-state index contributed by atoms with van der Waals surface area (Å²) in [7, 11) is 0. The molecule has 4 heteroatoms. The van der Waals surface area contributed by atoms with E-state index in [-0.39, 0.29) is 5.91 Å². The zero-order valence-electron chi connectivity index (χ0n) is 16.2. The van der Waals surface area contributed by atoms with Gasteiger partial charge in [-0.1, -0.05) is 60.7 Å². The van der Waals surface area contributed by atoms with E-state index in [4.69, 9.17) is 0 Å². The minimum Gasteiger partial charge on any atom is -0.336 e. The number of nitrogens with zero attached hydrogens (tertiary/aromatic N) is 3. The van der Waals surface area contributed by atoms with E-state index in [9.17, 15) is 4.79 Å². The first-order chi connectivity index (χ1) is 13.7. The number of rotatable bonds is 4. The van der Waals surface area contributed by atoms with Crippen LogP contribution in [0.3, 0.4) is 0 Å². The third-order valence-corrected chi connectivity index (χ3v) is 5.21. The molecule has 1 aromatic heterocycles. The molecular formula is C24H25N3O. The SMILES string of the molecule is Cc1cc(C(=O)N2CCN(C/C=C/c3ccccc3)CC2)c2ccccc2n1. The Balaban J connectivity index is 1.39. The summed E-state index contributed by atoms with van der Waals surface area (Å²) >= 11 is 0. The third-order valence-electron chi connectivity index (χ3n) is 5.21. The van der Waals surface area contributed by atoms with Gasteiger partial charge in [0.15, 0.2) is 0 Å². The number of aromatic nitrogens is 1. The van der Waals surface area contributed by atoms with Gasteiger partial charge in [0.05, 0.1) is 11.1 Å². The Bertz CT molecular complexity index is 989. The molecule has 1 fully saturated rings. The van der Waals surface area contributed by atoms with Crippen molar-refractivity contribution in [2.75, 3.05) is 32.7 Å². The van der Waals surface area contributed by atoms with Crippen molar-refractivity contribution < 1.29 is 4.79 Å². The summed E-state index contributed by atoms with van der Waals surface area (Å²) in [6.45, 7) is 6.16. The number of pyridine rings is 1. The van der Waals surface area contributed by atoms with Crippen LogP contribution in [0.15, 0.2) is 66.7 Å². The van der Waals surface area contributed by atoms with Crippen LogP contribution in [0.4, 0.5) is 0 Å². The number of hydrogen-bond donors (Lipinski definition) is 0. The minimum atomic E-state index is 0.112. The molecule has 28 heavy (non-hydrogen) atoms. The summed E-state index contributed by atoms with van der Waals surface area (Å²) in [6.07, 6.45) is 4.36. The Kier molecular flexibility index (Phi) is 5.49. The maximum Gasteiger partial charge on any atom is 0.254 e. The summed E-state index contributed by atoms with van der Waals surface area (Å²) in [4.78, 5) is 22.0. The zero-order chi connectivity index (χ0) is 19.3. The Hall–Kier alpha value is -2.98. The summed E-state index contributed by atoms with van der Waals surface area (Å²) in [6, 6.07) is 20.1. The van der Waals surface area contributed by atoms with Gasteiger partial charge in [-0.25, -0.2) is 0 Å². The highest BCUT2D eigenvalue weighted by molar-refractivity contribution is 6.06. The fraction of sp³-hybridized carbons (Fsp3) is 0.250. The van der Waals surface area contributed by atoms with Crippen LogP contribution < -0.4 is 0 Å². The van der Waals surface area contributed by atoms with E-state index >= 15 is 0 Å². The molecule has 4 rings (SSSR count). The molecule has 2 heterocycles. The summed E-state index contributed by atoms with van der Waals surface area (Å²) < 4.78 is 0. The van der Waals surface area contributed by atoms with Crippen LogP contribution >= 0.6 is 0 Å². The largest absolute Gasteiger partial charge is 0.336 e. The lowest BCUT2D eigenvalue weighted by Crippen LogP contribution is -2.48. The van der Waals surface area contributed by atoms with Crippen LogP contribution in [0.25, 0.3) is 17.0 Å². The van der Waals surface area contributed by atoms with Gasteiger partial charge in [-0.3, -0.25) is 14.7 Å². The molecule has 0 saturated carbocycles. The van der Waals surface area contributed by atoms with Gasteiger partial charge in [0, 0.05) is 43.8 Å². The molecule has 0 atom stereocenters. The Labute approximate surface area is 166 Å². The third kappa shape index (κ3) is 4.12. The Morgan fingerprint density at radius 2 is 1.71 bits per heavy atom. The van der Waals surface area contributed by atoms with Gasteiger partial charge in [0.25, 0.3) is 5.91 Å². The van der Waals surface area contributed by atoms with Gasteiger partial charge < -0.3 is 4.90 Å². The summed E-state index contributed by atoms with van der Waals surface area (Å²) in [5.41, 5.74) is 3.75. The predicted octanol–water partition coefficient (Wildman–Crippen LogP) is 4.01. The average Bonchev–Trinajstić information content (AvgIpc) is 2.74. The first-order valence-electron chi connectivity index (χ1n) is 9.80. The number of piperazine rings is 1. The Morgan fingerprint density at radius 1 is 1.00 bits per heavy atom. The summed E-state index contributed by atoms with van der Waals surface area (Å²) in [5, 5.41) is 0.936. The second-order valence-electron chi connectivity index (χ2n) is 7.23. The minimum absolute atomic E-state index is 0.112. The van der Waals surface area contributed by atoms with E-state index in [2.05, 4.69) is 46.3 Å². The van der Waals surface area contributed by atoms with Crippen molar-refractivity contribution in [2.45, 2.75) is 6.92 Å². The molecule has 1 amide bonds. The highest BCUT2D eigenvalue weighted by Crippen LogP contribution is 2.20. The number of carbonyl (C=O) groups is 1. The zero-order valence-corrected chi connectivity index (χ0v) is 16.2. The van der Waals surface area contributed by atoms with Gasteiger partial charge in [0.2, 0.25) is 0 Å². The number of para-hydroxylation sites is 1. The van der Waals surface area contributed by atoms with E-state index in [0.29, 0.717) is 0 Å². The van der Waals surface area contributed by atoms with E-state index in [1.54, 1.807) is 0 Å².